The summed E-state index contributed by atoms with van der Waals surface area (Å²) in [6, 6.07) is 5.29. The lowest BCUT2D eigenvalue weighted by molar-refractivity contribution is -0.141. The molecule has 0 saturated heterocycles. The minimum atomic E-state index is -0.266. The van der Waals surface area contributed by atoms with Crippen LogP contribution in [0.4, 0.5) is 0 Å². The predicted molar refractivity (Wildman–Crippen MR) is 114 cm³/mol. The number of fused-ring (bicyclic) bond motifs is 1. The highest BCUT2D eigenvalue weighted by atomic mass is 35.5. The molecule has 2 amide bonds. The van der Waals surface area contributed by atoms with E-state index >= 15 is 0 Å². The van der Waals surface area contributed by atoms with E-state index in [2.05, 4.69) is 20.7 Å². The van der Waals surface area contributed by atoms with Crippen LogP contribution in [0.25, 0.3) is 5.65 Å². The fourth-order valence-electron chi connectivity index (χ4n) is 4.68. The van der Waals surface area contributed by atoms with Gasteiger partial charge in [-0.2, -0.15) is 5.10 Å². The topological polar surface area (TPSA) is 97.6 Å². The molecule has 3 saturated carbocycles. The molecular weight excluding hydrogens is 418 g/mol. The number of nitrogens with zero attached hydrogens (tertiary/aromatic N) is 3. The lowest BCUT2D eigenvalue weighted by atomic mass is 9.44. The van der Waals surface area contributed by atoms with Crippen molar-refractivity contribution < 1.29 is 14.3 Å². The molecule has 31 heavy (non-hydrogen) atoms. The summed E-state index contributed by atoms with van der Waals surface area (Å²) >= 11 is 6.01. The third-order valence-corrected chi connectivity index (χ3v) is 6.47. The van der Waals surface area contributed by atoms with Crippen molar-refractivity contribution in [2.24, 2.45) is 0 Å². The number of hydrogen-bond acceptors (Lipinski definition) is 5. The quantitative estimate of drug-likeness (QED) is 0.615. The molecule has 160 valence electrons. The lowest BCUT2D eigenvalue weighted by Crippen LogP contribution is -2.84. The number of nitrogens with one attached hydrogen (secondary N) is 2. The second kappa shape index (κ2) is 6.95. The largest absolute Gasteiger partial charge is 0.484 e. The van der Waals surface area contributed by atoms with E-state index in [0.29, 0.717) is 41.2 Å². The van der Waals surface area contributed by atoms with Crippen LogP contribution < -0.4 is 15.4 Å². The van der Waals surface area contributed by atoms with Gasteiger partial charge < -0.3 is 15.4 Å². The van der Waals surface area contributed by atoms with E-state index in [4.69, 9.17) is 16.3 Å². The number of amides is 2. The summed E-state index contributed by atoms with van der Waals surface area (Å²) in [6.45, 7) is 3.75. The maximum absolute atomic E-state index is 12.8. The maximum atomic E-state index is 12.8. The van der Waals surface area contributed by atoms with E-state index in [1.54, 1.807) is 28.9 Å². The first kappa shape index (κ1) is 19.8. The molecule has 0 atom stereocenters. The first-order valence-corrected chi connectivity index (χ1v) is 10.5. The zero-order valence-corrected chi connectivity index (χ0v) is 18.0. The molecule has 2 N–H and O–H groups in total. The molecule has 2 aromatic heterocycles. The Morgan fingerprint density at radius 3 is 2.65 bits per heavy atom. The Bertz CT molecular complexity index is 1200. The maximum Gasteiger partial charge on any atom is 0.258 e. The van der Waals surface area contributed by atoms with Crippen LogP contribution in [0.2, 0.25) is 5.02 Å². The number of carbonyl (C=O) groups excluding carboxylic acids is 2. The van der Waals surface area contributed by atoms with Gasteiger partial charge in [-0.05, 0) is 62.4 Å². The number of benzene rings is 1. The van der Waals surface area contributed by atoms with Crippen molar-refractivity contribution in [2.75, 3.05) is 6.61 Å². The average molecular weight is 440 g/mol. The van der Waals surface area contributed by atoms with Crippen molar-refractivity contribution in [3.05, 3.63) is 58.5 Å². The molecule has 6 rings (SSSR count). The molecule has 9 heteroatoms. The van der Waals surface area contributed by atoms with Gasteiger partial charge >= 0.3 is 0 Å². The zero-order chi connectivity index (χ0) is 21.8. The number of aromatic nitrogens is 3. The molecule has 1 aromatic carbocycles. The Labute approximate surface area is 183 Å². The van der Waals surface area contributed by atoms with E-state index in [1.807, 2.05) is 20.0 Å². The Kier molecular flexibility index (Phi) is 4.44. The third kappa shape index (κ3) is 3.50. The zero-order valence-electron chi connectivity index (χ0n) is 17.2. The molecule has 2 heterocycles. The minimum absolute atomic E-state index is 0.0599. The Morgan fingerprint density at radius 1 is 1.16 bits per heavy atom. The number of rotatable bonds is 6. The summed E-state index contributed by atoms with van der Waals surface area (Å²) in [5, 5.41) is 11.0. The number of halogens is 1. The van der Waals surface area contributed by atoms with Gasteiger partial charge in [-0.15, -0.1) is 0 Å². The van der Waals surface area contributed by atoms with Crippen LogP contribution in [0.3, 0.4) is 0 Å². The smallest absolute Gasteiger partial charge is 0.258 e. The van der Waals surface area contributed by atoms with E-state index in [0.717, 1.165) is 11.1 Å². The van der Waals surface area contributed by atoms with Gasteiger partial charge in [0.1, 0.15) is 11.3 Å². The van der Waals surface area contributed by atoms with Crippen LogP contribution in [0.1, 0.15) is 40.7 Å². The van der Waals surface area contributed by atoms with E-state index in [-0.39, 0.29) is 29.5 Å². The molecule has 8 nitrogen and oxygen atoms in total. The van der Waals surface area contributed by atoms with Crippen molar-refractivity contribution in [1.82, 2.24) is 25.2 Å². The minimum Gasteiger partial charge on any atom is -0.484 e. The van der Waals surface area contributed by atoms with Gasteiger partial charge in [0, 0.05) is 28.5 Å². The molecule has 0 spiro atoms. The molecule has 3 aliphatic carbocycles. The molecule has 3 fully saturated rings. The molecular formula is C22H22ClN5O3. The number of carbonyl (C=O) groups is 2. The standard InChI is InChI=1S/C22H22ClN5O3/c1-13-6-24-19-16(7-25-28(19)8-13)20(30)27-22-10-21(11-22,12-22)26-18(29)9-31-15-3-4-17(23)14(2)5-15/h3-8H,9-12H2,1-2H3,(H,26,29)(H,27,30). The summed E-state index contributed by atoms with van der Waals surface area (Å²) in [4.78, 5) is 29.4. The van der Waals surface area contributed by atoms with Crippen LogP contribution in [-0.4, -0.2) is 44.1 Å². The van der Waals surface area contributed by atoms with Crippen LogP contribution in [0, 0.1) is 13.8 Å². The van der Waals surface area contributed by atoms with Crippen molar-refractivity contribution in [3.8, 4) is 5.75 Å². The monoisotopic (exact) mass is 439 g/mol. The molecule has 3 aromatic rings. The first-order valence-electron chi connectivity index (χ1n) is 10.1. The van der Waals surface area contributed by atoms with Gasteiger partial charge in [0.15, 0.2) is 12.3 Å². The summed E-state index contributed by atoms with van der Waals surface area (Å²) in [5.74, 6) is 0.248. The Hall–Kier alpha value is -3.13. The van der Waals surface area contributed by atoms with Gasteiger partial charge in [0.25, 0.3) is 11.8 Å². The highest BCUT2D eigenvalue weighted by molar-refractivity contribution is 6.31. The van der Waals surface area contributed by atoms with Gasteiger partial charge in [-0.25, -0.2) is 9.50 Å². The fraction of sp³-hybridized carbons (Fsp3) is 0.364. The molecule has 2 bridgehead atoms. The second-order valence-electron chi connectivity index (χ2n) is 8.75. The highest BCUT2D eigenvalue weighted by Gasteiger charge is 2.69. The third-order valence-electron chi connectivity index (χ3n) is 6.04. The van der Waals surface area contributed by atoms with Crippen LogP contribution in [0.5, 0.6) is 5.75 Å². The SMILES string of the molecule is Cc1cnc2c(C(=O)NC34CC(NC(=O)COc5ccc(Cl)c(C)c5)(C3)C4)cnn2c1. The molecule has 3 aliphatic rings. The average Bonchev–Trinajstić information content (AvgIpc) is 3.09. The van der Waals surface area contributed by atoms with Crippen LogP contribution >= 0.6 is 11.6 Å². The first-order chi connectivity index (χ1) is 14.8. The van der Waals surface area contributed by atoms with Crippen molar-refractivity contribution >= 4 is 29.1 Å². The normalized spacial score (nSPS) is 23.6. The molecule has 0 radical (unpaired) electrons. The van der Waals surface area contributed by atoms with Crippen LogP contribution in [0.15, 0.2) is 36.8 Å². The van der Waals surface area contributed by atoms with E-state index < -0.39 is 0 Å². The summed E-state index contributed by atoms with van der Waals surface area (Å²) in [7, 11) is 0. The van der Waals surface area contributed by atoms with Crippen molar-refractivity contribution in [1.29, 1.82) is 0 Å². The van der Waals surface area contributed by atoms with Gasteiger partial charge in [0.2, 0.25) is 0 Å². The summed E-state index contributed by atoms with van der Waals surface area (Å²) < 4.78 is 7.17. The number of hydrogen-bond donors (Lipinski definition) is 2. The summed E-state index contributed by atoms with van der Waals surface area (Å²) in [5.41, 5.74) is 2.34. The summed E-state index contributed by atoms with van der Waals surface area (Å²) in [6.07, 6.45) is 7.22. The van der Waals surface area contributed by atoms with E-state index in [1.165, 1.54) is 6.20 Å². The van der Waals surface area contributed by atoms with Crippen molar-refractivity contribution in [3.63, 3.8) is 0 Å². The predicted octanol–water partition coefficient (Wildman–Crippen LogP) is 2.60. The van der Waals surface area contributed by atoms with Gasteiger partial charge in [-0.3, -0.25) is 9.59 Å². The van der Waals surface area contributed by atoms with Crippen LogP contribution in [-0.2, 0) is 4.79 Å². The fourth-order valence-corrected chi connectivity index (χ4v) is 4.79. The molecule has 0 aliphatic heterocycles. The van der Waals surface area contributed by atoms with E-state index in [9.17, 15) is 9.59 Å². The lowest BCUT2D eigenvalue weighted by Gasteiger charge is -2.70. The van der Waals surface area contributed by atoms with Gasteiger partial charge in [-0.1, -0.05) is 11.6 Å². The Morgan fingerprint density at radius 2 is 1.90 bits per heavy atom. The number of aryl methyl sites for hydroxylation is 2. The second-order valence-corrected chi connectivity index (χ2v) is 9.16. The molecule has 0 unspecified atom stereocenters. The highest BCUT2D eigenvalue weighted by Crippen LogP contribution is 2.60. The van der Waals surface area contributed by atoms with Crippen molar-refractivity contribution in [2.45, 2.75) is 44.2 Å². The van der Waals surface area contributed by atoms with Gasteiger partial charge in [0.05, 0.1) is 6.20 Å². The number of ether oxygens (including phenoxy) is 1. The Balaban J connectivity index is 1.13.